The maximum atomic E-state index is 12.9. The van der Waals surface area contributed by atoms with Gasteiger partial charge in [0, 0.05) is 37.7 Å². The van der Waals surface area contributed by atoms with E-state index in [-0.39, 0.29) is 36.3 Å². The molecular weight excluding hydrogens is 485 g/mol. The van der Waals surface area contributed by atoms with Gasteiger partial charge in [0.2, 0.25) is 0 Å². The quantitative estimate of drug-likeness (QED) is 0.447. The summed E-state index contributed by atoms with van der Waals surface area (Å²) in [6.45, 7) is 14.0. The predicted molar refractivity (Wildman–Crippen MR) is 148 cm³/mol. The van der Waals surface area contributed by atoms with E-state index in [1.807, 2.05) is 56.3 Å². The van der Waals surface area contributed by atoms with Crippen LogP contribution in [-0.4, -0.2) is 47.0 Å². The topological polar surface area (TPSA) is 87.1 Å². The molecule has 1 aliphatic rings. The molecule has 0 bridgehead atoms. The average molecular weight is 521 g/mol. The number of carbonyl (C=O) groups excluding carboxylic acids is 1. The summed E-state index contributed by atoms with van der Waals surface area (Å²) in [6.07, 6.45) is 0. The summed E-state index contributed by atoms with van der Waals surface area (Å²) in [6, 6.07) is 13.5. The van der Waals surface area contributed by atoms with E-state index in [4.69, 9.17) is 10.1 Å². The highest BCUT2D eigenvalue weighted by Crippen LogP contribution is 2.27. The summed E-state index contributed by atoms with van der Waals surface area (Å²) in [7, 11) is 0. The number of piperazine rings is 1. The zero-order valence-corrected chi connectivity index (χ0v) is 22.5. The van der Waals surface area contributed by atoms with Gasteiger partial charge in [-0.15, -0.1) is 24.8 Å². The molecule has 0 radical (unpaired) electrons. The number of rotatable bonds is 4. The molecule has 3 heterocycles. The van der Waals surface area contributed by atoms with Crippen molar-refractivity contribution in [2.45, 2.75) is 40.0 Å². The number of amides is 2. The second-order valence-electron chi connectivity index (χ2n) is 9.53. The normalized spacial score (nSPS) is 13.5. The van der Waals surface area contributed by atoms with E-state index in [1.165, 1.54) is 5.56 Å². The van der Waals surface area contributed by atoms with Crippen molar-refractivity contribution in [1.82, 2.24) is 20.1 Å². The van der Waals surface area contributed by atoms with Crippen molar-refractivity contribution in [1.29, 1.82) is 0 Å². The number of nitrogens with zero attached hydrogens (tertiary/aromatic N) is 4. The highest BCUT2D eigenvalue weighted by atomic mass is 35.5. The second-order valence-corrected chi connectivity index (χ2v) is 9.53. The maximum absolute atomic E-state index is 12.9. The fourth-order valence-corrected chi connectivity index (χ4v) is 3.74. The SMILES string of the molecule is Cc1ccc(-n2nc(C(C)(C)C)cc2NC(=O)Nc2ccc(N3CCNCC3)nc2C)cc1.Cl.Cl. The molecule has 35 heavy (non-hydrogen) atoms. The lowest BCUT2D eigenvalue weighted by molar-refractivity contribution is 0.262. The molecule has 0 saturated carbocycles. The largest absolute Gasteiger partial charge is 0.354 e. The highest BCUT2D eigenvalue weighted by molar-refractivity contribution is 5.99. The van der Waals surface area contributed by atoms with E-state index < -0.39 is 0 Å². The van der Waals surface area contributed by atoms with Gasteiger partial charge in [0.15, 0.2) is 0 Å². The summed E-state index contributed by atoms with van der Waals surface area (Å²) in [5.41, 5.74) is 4.28. The third-order valence-corrected chi connectivity index (χ3v) is 5.76. The fourth-order valence-electron chi connectivity index (χ4n) is 3.74. The molecule has 0 aliphatic carbocycles. The van der Waals surface area contributed by atoms with Gasteiger partial charge in [-0.05, 0) is 38.1 Å². The molecule has 1 aromatic carbocycles. The number of aryl methyl sites for hydroxylation is 2. The maximum Gasteiger partial charge on any atom is 0.324 e. The minimum Gasteiger partial charge on any atom is -0.354 e. The van der Waals surface area contributed by atoms with E-state index in [0.29, 0.717) is 11.5 Å². The monoisotopic (exact) mass is 519 g/mol. The van der Waals surface area contributed by atoms with Gasteiger partial charge in [0.1, 0.15) is 11.6 Å². The molecule has 0 unspecified atom stereocenters. The predicted octanol–water partition coefficient (Wildman–Crippen LogP) is 5.08. The molecule has 4 rings (SSSR count). The Morgan fingerprint density at radius 3 is 2.23 bits per heavy atom. The Morgan fingerprint density at radius 1 is 0.971 bits per heavy atom. The number of aromatic nitrogens is 3. The number of hydrogen-bond donors (Lipinski definition) is 3. The van der Waals surface area contributed by atoms with Gasteiger partial charge in [0.05, 0.1) is 22.8 Å². The standard InChI is InChI=1S/C25H33N7O.2ClH/c1-17-6-8-19(9-7-17)32-23(16-21(30-32)25(3,4)5)29-24(33)28-20-10-11-22(27-18(20)2)31-14-12-26-13-15-31;;/h6-11,16,26H,12-15H2,1-5H3,(H2,28,29,33);2*1H. The number of hydrogen-bond acceptors (Lipinski definition) is 5. The molecule has 0 atom stereocenters. The Balaban J connectivity index is 0.00000216. The Bertz CT molecular complexity index is 1130. The average Bonchev–Trinajstić information content (AvgIpc) is 3.20. The van der Waals surface area contributed by atoms with E-state index in [0.717, 1.165) is 49.1 Å². The molecule has 3 aromatic rings. The summed E-state index contributed by atoms with van der Waals surface area (Å²) in [5, 5.41) is 14.0. The van der Waals surface area contributed by atoms with Crippen molar-refractivity contribution in [3.63, 3.8) is 0 Å². The lowest BCUT2D eigenvalue weighted by Gasteiger charge is -2.28. The van der Waals surface area contributed by atoms with Crippen LogP contribution in [0.25, 0.3) is 5.69 Å². The Labute approximate surface area is 219 Å². The zero-order valence-electron chi connectivity index (χ0n) is 20.9. The minimum absolute atomic E-state index is 0. The molecule has 0 spiro atoms. The van der Waals surface area contributed by atoms with Crippen LogP contribution in [0.4, 0.5) is 22.1 Å². The van der Waals surface area contributed by atoms with Gasteiger partial charge >= 0.3 is 6.03 Å². The van der Waals surface area contributed by atoms with Gasteiger partial charge in [-0.1, -0.05) is 38.5 Å². The number of halogens is 2. The first-order chi connectivity index (χ1) is 15.7. The van der Waals surface area contributed by atoms with Crippen LogP contribution in [0.3, 0.4) is 0 Å². The van der Waals surface area contributed by atoms with Gasteiger partial charge in [-0.3, -0.25) is 5.32 Å². The molecule has 1 aliphatic heterocycles. The van der Waals surface area contributed by atoms with Gasteiger partial charge in [0.25, 0.3) is 0 Å². The Hall–Kier alpha value is -2.81. The van der Waals surface area contributed by atoms with Crippen LogP contribution < -0.4 is 20.9 Å². The fraction of sp³-hybridized carbons (Fsp3) is 0.400. The molecular formula is C25H35Cl2N7O. The van der Waals surface area contributed by atoms with Crippen LogP contribution in [0.2, 0.25) is 0 Å². The lowest BCUT2D eigenvalue weighted by Crippen LogP contribution is -2.43. The highest BCUT2D eigenvalue weighted by Gasteiger charge is 2.22. The lowest BCUT2D eigenvalue weighted by atomic mass is 9.92. The molecule has 8 nitrogen and oxygen atoms in total. The first-order valence-corrected chi connectivity index (χ1v) is 11.4. The van der Waals surface area contributed by atoms with Gasteiger partial charge in [-0.2, -0.15) is 5.10 Å². The van der Waals surface area contributed by atoms with Crippen LogP contribution in [0.5, 0.6) is 0 Å². The van der Waals surface area contributed by atoms with E-state index in [9.17, 15) is 4.79 Å². The molecule has 3 N–H and O–H groups in total. The first kappa shape index (κ1) is 28.4. The number of benzene rings is 1. The van der Waals surface area contributed by atoms with Crippen LogP contribution in [-0.2, 0) is 5.41 Å². The Kier molecular flexibility index (Phi) is 9.54. The van der Waals surface area contributed by atoms with Gasteiger partial charge in [-0.25, -0.2) is 14.5 Å². The number of anilines is 3. The molecule has 190 valence electrons. The molecule has 10 heteroatoms. The van der Waals surface area contributed by atoms with Crippen molar-refractivity contribution in [3.8, 4) is 5.69 Å². The molecule has 2 amide bonds. The summed E-state index contributed by atoms with van der Waals surface area (Å²) >= 11 is 0. The summed E-state index contributed by atoms with van der Waals surface area (Å²) < 4.78 is 1.78. The van der Waals surface area contributed by atoms with E-state index >= 15 is 0 Å². The van der Waals surface area contributed by atoms with Crippen molar-refractivity contribution >= 4 is 48.2 Å². The molecule has 2 aromatic heterocycles. The van der Waals surface area contributed by atoms with Gasteiger partial charge < -0.3 is 15.5 Å². The van der Waals surface area contributed by atoms with Crippen LogP contribution in [0, 0.1) is 13.8 Å². The third kappa shape index (κ3) is 6.87. The van der Waals surface area contributed by atoms with Crippen molar-refractivity contribution in [2.24, 2.45) is 0 Å². The summed E-state index contributed by atoms with van der Waals surface area (Å²) in [5.74, 6) is 1.55. The smallest absolute Gasteiger partial charge is 0.324 e. The Morgan fingerprint density at radius 2 is 1.63 bits per heavy atom. The molecule has 1 saturated heterocycles. The summed E-state index contributed by atoms with van der Waals surface area (Å²) in [4.78, 5) is 19.9. The van der Waals surface area contributed by atoms with Crippen LogP contribution >= 0.6 is 24.8 Å². The minimum atomic E-state index is -0.330. The third-order valence-electron chi connectivity index (χ3n) is 5.76. The van der Waals surface area contributed by atoms with Crippen molar-refractivity contribution in [2.75, 3.05) is 41.7 Å². The second kappa shape index (κ2) is 11.7. The number of carbonyl (C=O) groups is 1. The number of pyridine rings is 1. The number of nitrogens with one attached hydrogen (secondary N) is 3. The van der Waals surface area contributed by atoms with Crippen molar-refractivity contribution < 1.29 is 4.79 Å². The molecule has 1 fully saturated rings. The van der Waals surface area contributed by atoms with Crippen LogP contribution in [0.1, 0.15) is 37.7 Å². The van der Waals surface area contributed by atoms with Crippen LogP contribution in [0.15, 0.2) is 42.5 Å². The van der Waals surface area contributed by atoms with E-state index in [2.05, 4.69) is 41.6 Å². The van der Waals surface area contributed by atoms with E-state index in [1.54, 1.807) is 4.68 Å². The van der Waals surface area contributed by atoms with Crippen molar-refractivity contribution in [3.05, 3.63) is 59.4 Å². The number of urea groups is 1. The zero-order chi connectivity index (χ0) is 23.6. The first-order valence-electron chi connectivity index (χ1n) is 11.4.